The second-order valence-corrected chi connectivity index (χ2v) is 4.63. The van der Waals surface area contributed by atoms with E-state index in [9.17, 15) is 4.39 Å². The van der Waals surface area contributed by atoms with Crippen molar-refractivity contribution in [3.05, 3.63) is 35.6 Å². The van der Waals surface area contributed by atoms with Gasteiger partial charge in [-0.2, -0.15) is 0 Å². The Morgan fingerprint density at radius 1 is 1.41 bits per heavy atom. The highest BCUT2D eigenvalue weighted by Crippen LogP contribution is 2.45. The molecule has 1 fully saturated rings. The Morgan fingerprint density at radius 2 is 2.12 bits per heavy atom. The summed E-state index contributed by atoms with van der Waals surface area (Å²) in [5, 5.41) is 3.37. The van der Waals surface area contributed by atoms with E-state index in [0.717, 1.165) is 31.4 Å². The van der Waals surface area contributed by atoms with E-state index in [4.69, 9.17) is 4.74 Å². The van der Waals surface area contributed by atoms with Crippen molar-refractivity contribution < 1.29 is 9.13 Å². The summed E-state index contributed by atoms with van der Waals surface area (Å²) in [5.74, 6) is -0.151. The third-order valence-electron chi connectivity index (χ3n) is 3.76. The Bertz CT molecular complexity index is 371. The predicted octanol–water partition coefficient (Wildman–Crippen LogP) is 3.05. The average Bonchev–Trinajstić information content (AvgIpc) is 2.28. The molecule has 0 aromatic heterocycles. The number of hydrogen-bond donors (Lipinski definition) is 1. The molecule has 0 bridgehead atoms. The quantitative estimate of drug-likeness (QED) is 0.850. The second kappa shape index (κ2) is 5.15. The Labute approximate surface area is 102 Å². The van der Waals surface area contributed by atoms with E-state index in [-0.39, 0.29) is 17.5 Å². The fourth-order valence-electron chi connectivity index (χ4n) is 2.63. The standard InChI is InChI=1S/C14H20FNO/c1-3-16-13(14(17-2)9-6-10-14)11-7-4-5-8-12(11)15/h4-5,7-8,13,16H,3,6,9-10H2,1-2H3. The number of nitrogens with one attached hydrogen (secondary N) is 1. The summed E-state index contributed by atoms with van der Waals surface area (Å²) in [6, 6.07) is 6.92. The third kappa shape index (κ3) is 2.22. The number of likely N-dealkylation sites (N-methyl/N-ethyl adjacent to an activating group) is 1. The summed E-state index contributed by atoms with van der Waals surface area (Å²) in [6.45, 7) is 2.85. The molecule has 0 aliphatic heterocycles. The molecular weight excluding hydrogens is 217 g/mol. The minimum atomic E-state index is -0.224. The summed E-state index contributed by atoms with van der Waals surface area (Å²) in [5.41, 5.74) is 0.494. The van der Waals surface area contributed by atoms with Crippen LogP contribution in [0.2, 0.25) is 0 Å². The Kier molecular flexibility index (Phi) is 3.79. The normalized spacial score (nSPS) is 19.7. The molecule has 1 aliphatic rings. The lowest BCUT2D eigenvalue weighted by molar-refractivity contribution is -0.100. The summed E-state index contributed by atoms with van der Waals surface area (Å²) >= 11 is 0. The molecule has 17 heavy (non-hydrogen) atoms. The number of benzene rings is 1. The number of ether oxygens (including phenoxy) is 1. The highest BCUT2D eigenvalue weighted by atomic mass is 19.1. The summed E-state index contributed by atoms with van der Waals surface area (Å²) in [6.07, 6.45) is 3.15. The lowest BCUT2D eigenvalue weighted by Crippen LogP contribution is -2.50. The van der Waals surface area contributed by atoms with Crippen LogP contribution in [0.25, 0.3) is 0 Å². The minimum Gasteiger partial charge on any atom is -0.376 e. The molecule has 1 atom stereocenters. The van der Waals surface area contributed by atoms with Gasteiger partial charge in [-0.3, -0.25) is 0 Å². The molecule has 1 N–H and O–H groups in total. The van der Waals surface area contributed by atoms with E-state index in [1.165, 1.54) is 6.07 Å². The Balaban J connectivity index is 2.32. The van der Waals surface area contributed by atoms with Crippen molar-refractivity contribution in [2.24, 2.45) is 0 Å². The van der Waals surface area contributed by atoms with Gasteiger partial charge in [0.15, 0.2) is 0 Å². The van der Waals surface area contributed by atoms with Gasteiger partial charge in [-0.25, -0.2) is 4.39 Å². The van der Waals surface area contributed by atoms with E-state index in [2.05, 4.69) is 5.32 Å². The number of halogens is 1. The van der Waals surface area contributed by atoms with E-state index >= 15 is 0 Å². The van der Waals surface area contributed by atoms with Gasteiger partial charge in [-0.15, -0.1) is 0 Å². The number of methoxy groups -OCH3 is 1. The molecule has 0 saturated heterocycles. The van der Waals surface area contributed by atoms with Crippen molar-refractivity contribution in [2.75, 3.05) is 13.7 Å². The number of rotatable bonds is 5. The van der Waals surface area contributed by atoms with Gasteiger partial charge in [-0.1, -0.05) is 25.1 Å². The molecule has 0 radical (unpaired) electrons. The molecule has 1 aliphatic carbocycles. The highest BCUT2D eigenvalue weighted by molar-refractivity contribution is 5.25. The van der Waals surface area contributed by atoms with Crippen LogP contribution in [-0.2, 0) is 4.74 Å². The first kappa shape index (κ1) is 12.5. The molecule has 0 amide bonds. The van der Waals surface area contributed by atoms with Crippen molar-refractivity contribution in [1.82, 2.24) is 5.32 Å². The maximum Gasteiger partial charge on any atom is 0.128 e. The van der Waals surface area contributed by atoms with E-state index in [1.807, 2.05) is 19.1 Å². The first-order valence-electron chi connectivity index (χ1n) is 6.26. The van der Waals surface area contributed by atoms with Gasteiger partial charge in [0.2, 0.25) is 0 Å². The Morgan fingerprint density at radius 3 is 2.59 bits per heavy atom. The topological polar surface area (TPSA) is 21.3 Å². The summed E-state index contributed by atoms with van der Waals surface area (Å²) in [4.78, 5) is 0. The van der Waals surface area contributed by atoms with Crippen LogP contribution >= 0.6 is 0 Å². The zero-order chi connectivity index (χ0) is 12.3. The molecule has 1 aromatic rings. The Hall–Kier alpha value is -0.930. The zero-order valence-corrected chi connectivity index (χ0v) is 10.5. The van der Waals surface area contributed by atoms with E-state index in [0.29, 0.717) is 0 Å². The molecule has 2 rings (SSSR count). The fourth-order valence-corrected chi connectivity index (χ4v) is 2.63. The van der Waals surface area contributed by atoms with Gasteiger partial charge in [0.25, 0.3) is 0 Å². The van der Waals surface area contributed by atoms with Crippen LogP contribution in [0, 0.1) is 5.82 Å². The van der Waals surface area contributed by atoms with E-state index in [1.54, 1.807) is 13.2 Å². The smallest absolute Gasteiger partial charge is 0.128 e. The molecular formula is C14H20FNO. The zero-order valence-electron chi connectivity index (χ0n) is 10.5. The summed E-state index contributed by atoms with van der Waals surface area (Å²) in [7, 11) is 1.73. The van der Waals surface area contributed by atoms with Crippen LogP contribution in [0.4, 0.5) is 4.39 Å². The van der Waals surface area contributed by atoms with Gasteiger partial charge < -0.3 is 10.1 Å². The van der Waals surface area contributed by atoms with Crippen LogP contribution < -0.4 is 5.32 Å². The van der Waals surface area contributed by atoms with Crippen molar-refractivity contribution >= 4 is 0 Å². The summed E-state index contributed by atoms with van der Waals surface area (Å²) < 4.78 is 19.6. The molecule has 1 unspecified atom stereocenters. The van der Waals surface area contributed by atoms with Crippen LogP contribution in [0.15, 0.2) is 24.3 Å². The van der Waals surface area contributed by atoms with Crippen molar-refractivity contribution in [3.8, 4) is 0 Å². The highest BCUT2D eigenvalue weighted by Gasteiger charge is 2.45. The molecule has 3 heteroatoms. The van der Waals surface area contributed by atoms with Crippen molar-refractivity contribution in [1.29, 1.82) is 0 Å². The maximum absolute atomic E-state index is 13.9. The molecule has 1 aromatic carbocycles. The SMILES string of the molecule is CCNC(c1ccccc1F)C1(OC)CCC1. The maximum atomic E-state index is 13.9. The average molecular weight is 237 g/mol. The van der Waals surface area contributed by atoms with Gasteiger partial charge in [0.05, 0.1) is 11.6 Å². The van der Waals surface area contributed by atoms with Crippen LogP contribution in [0.5, 0.6) is 0 Å². The molecule has 94 valence electrons. The lowest BCUT2D eigenvalue weighted by Gasteiger charge is -2.47. The van der Waals surface area contributed by atoms with Crippen LogP contribution in [0.3, 0.4) is 0 Å². The van der Waals surface area contributed by atoms with E-state index < -0.39 is 0 Å². The third-order valence-corrected chi connectivity index (χ3v) is 3.76. The van der Waals surface area contributed by atoms with Crippen molar-refractivity contribution in [3.63, 3.8) is 0 Å². The molecule has 0 heterocycles. The predicted molar refractivity (Wildman–Crippen MR) is 66.4 cm³/mol. The fraction of sp³-hybridized carbons (Fsp3) is 0.571. The largest absolute Gasteiger partial charge is 0.376 e. The van der Waals surface area contributed by atoms with Crippen LogP contribution in [0.1, 0.15) is 37.8 Å². The molecule has 1 saturated carbocycles. The molecule has 0 spiro atoms. The first-order chi connectivity index (χ1) is 8.23. The second-order valence-electron chi connectivity index (χ2n) is 4.63. The van der Waals surface area contributed by atoms with Gasteiger partial charge in [0, 0.05) is 12.7 Å². The minimum absolute atomic E-state index is 0.0487. The number of hydrogen-bond acceptors (Lipinski definition) is 2. The lowest BCUT2D eigenvalue weighted by atomic mass is 9.72. The molecule has 2 nitrogen and oxygen atoms in total. The van der Waals surface area contributed by atoms with Crippen LogP contribution in [-0.4, -0.2) is 19.3 Å². The van der Waals surface area contributed by atoms with Gasteiger partial charge in [-0.05, 0) is 31.9 Å². The van der Waals surface area contributed by atoms with Gasteiger partial charge >= 0.3 is 0 Å². The van der Waals surface area contributed by atoms with Crippen molar-refractivity contribution in [2.45, 2.75) is 37.8 Å². The monoisotopic (exact) mass is 237 g/mol. The van der Waals surface area contributed by atoms with Gasteiger partial charge in [0.1, 0.15) is 5.82 Å². The first-order valence-corrected chi connectivity index (χ1v) is 6.26.